The summed E-state index contributed by atoms with van der Waals surface area (Å²) in [5.74, 6) is 0.653. The van der Waals surface area contributed by atoms with Crippen LogP contribution in [0, 0.1) is 34.6 Å². The normalized spacial score (nSPS) is 11.4. The first kappa shape index (κ1) is 16.5. The van der Waals surface area contributed by atoms with Gasteiger partial charge in [-0.05, 0) is 45.7 Å². The summed E-state index contributed by atoms with van der Waals surface area (Å²) in [5, 5.41) is 9.21. The van der Waals surface area contributed by atoms with E-state index >= 15 is 0 Å². The number of fused-ring (bicyclic) bond motifs is 1. The van der Waals surface area contributed by atoms with E-state index in [-0.39, 0.29) is 12.2 Å². The van der Waals surface area contributed by atoms with Crippen molar-refractivity contribution >= 4 is 5.65 Å². The Hall–Kier alpha value is -2.40. The van der Waals surface area contributed by atoms with Gasteiger partial charge < -0.3 is 10.1 Å². The number of imidazole rings is 1. The first-order valence-electron chi connectivity index (χ1n) is 8.15. The summed E-state index contributed by atoms with van der Waals surface area (Å²) in [4.78, 5) is 20.8. The molecule has 0 spiro atoms. The predicted molar refractivity (Wildman–Crippen MR) is 95.7 cm³/mol. The van der Waals surface area contributed by atoms with Crippen LogP contribution in [0.25, 0.3) is 16.9 Å². The number of nitrogens with one attached hydrogen (secondary N) is 1. The highest BCUT2D eigenvalue weighted by atomic mass is 16.3. The minimum atomic E-state index is -0.103. The molecule has 0 bridgehead atoms. The topological polar surface area (TPSA) is 70.4 Å². The lowest BCUT2D eigenvalue weighted by Crippen LogP contribution is -2.22. The summed E-state index contributed by atoms with van der Waals surface area (Å²) in [6.07, 6.45) is 0.340. The number of hydrogen-bond donors (Lipinski definition) is 2. The Morgan fingerprint density at radius 1 is 1.12 bits per heavy atom. The lowest BCUT2D eigenvalue weighted by atomic mass is 9.97. The second-order valence-electron chi connectivity index (χ2n) is 6.47. The molecular weight excluding hydrogens is 302 g/mol. The monoisotopic (exact) mass is 325 g/mol. The number of aliphatic hydroxyl groups is 1. The van der Waals surface area contributed by atoms with Gasteiger partial charge in [-0.15, -0.1) is 0 Å². The molecule has 3 rings (SSSR count). The van der Waals surface area contributed by atoms with E-state index in [4.69, 9.17) is 0 Å². The first-order valence-corrected chi connectivity index (χ1v) is 8.15. The molecule has 5 heteroatoms. The highest BCUT2D eigenvalue weighted by Crippen LogP contribution is 2.30. The van der Waals surface area contributed by atoms with Gasteiger partial charge in [-0.1, -0.05) is 17.7 Å². The van der Waals surface area contributed by atoms with Crippen molar-refractivity contribution in [3.8, 4) is 11.3 Å². The van der Waals surface area contributed by atoms with Crippen LogP contribution in [0.5, 0.6) is 0 Å². The van der Waals surface area contributed by atoms with Crippen molar-refractivity contribution in [2.45, 2.75) is 41.0 Å². The number of aromatic amines is 1. The van der Waals surface area contributed by atoms with Gasteiger partial charge in [-0.2, -0.15) is 0 Å². The van der Waals surface area contributed by atoms with E-state index in [0.29, 0.717) is 23.5 Å². The van der Waals surface area contributed by atoms with Crippen LogP contribution in [-0.2, 0) is 6.42 Å². The molecule has 24 heavy (non-hydrogen) atoms. The molecule has 0 aliphatic carbocycles. The molecule has 0 amide bonds. The van der Waals surface area contributed by atoms with Gasteiger partial charge in [0.1, 0.15) is 17.2 Å². The number of nitrogens with zero attached hydrogens (tertiary/aromatic N) is 2. The van der Waals surface area contributed by atoms with Gasteiger partial charge in [0.15, 0.2) is 0 Å². The fraction of sp³-hybridized carbons (Fsp3) is 0.368. The number of hydrogen-bond acceptors (Lipinski definition) is 3. The van der Waals surface area contributed by atoms with Crippen molar-refractivity contribution < 1.29 is 5.11 Å². The van der Waals surface area contributed by atoms with Gasteiger partial charge in [0.2, 0.25) is 0 Å². The molecule has 5 nitrogen and oxygen atoms in total. The maximum atomic E-state index is 12.8. The van der Waals surface area contributed by atoms with Crippen LogP contribution in [0.3, 0.4) is 0 Å². The molecule has 2 aromatic heterocycles. The quantitative estimate of drug-likeness (QED) is 0.778. The fourth-order valence-electron chi connectivity index (χ4n) is 3.58. The molecule has 0 radical (unpaired) electrons. The van der Waals surface area contributed by atoms with Crippen molar-refractivity contribution in [2.75, 3.05) is 6.61 Å². The largest absolute Gasteiger partial charge is 0.396 e. The van der Waals surface area contributed by atoms with Crippen LogP contribution in [0.15, 0.2) is 16.9 Å². The molecule has 0 saturated heterocycles. The zero-order chi connectivity index (χ0) is 17.6. The second kappa shape index (κ2) is 5.91. The average Bonchev–Trinajstić information content (AvgIpc) is 2.79. The summed E-state index contributed by atoms with van der Waals surface area (Å²) < 4.78 is 1.62. The van der Waals surface area contributed by atoms with Crippen molar-refractivity contribution in [1.29, 1.82) is 0 Å². The molecule has 2 N–H and O–H groups in total. The summed E-state index contributed by atoms with van der Waals surface area (Å²) in [6, 6.07) is 4.27. The number of aliphatic hydroxyl groups excluding tert-OH is 1. The van der Waals surface area contributed by atoms with Crippen LogP contribution in [-0.4, -0.2) is 26.1 Å². The summed E-state index contributed by atoms with van der Waals surface area (Å²) in [6.45, 7) is 9.87. The molecule has 0 saturated carbocycles. The van der Waals surface area contributed by atoms with E-state index in [9.17, 15) is 9.90 Å². The van der Waals surface area contributed by atoms with Gasteiger partial charge in [0.05, 0.1) is 0 Å². The van der Waals surface area contributed by atoms with Gasteiger partial charge in [-0.3, -0.25) is 4.79 Å². The van der Waals surface area contributed by atoms with E-state index in [1.807, 2.05) is 13.8 Å². The molecule has 0 aliphatic rings. The number of H-pyrrole nitrogens is 1. The smallest absolute Gasteiger partial charge is 0.262 e. The van der Waals surface area contributed by atoms with E-state index in [0.717, 1.165) is 28.1 Å². The van der Waals surface area contributed by atoms with Crippen LogP contribution in [0.2, 0.25) is 0 Å². The SMILES string of the molecule is Cc1cc(C)c(-c2nc(C)n3c(=O)c(CCO)c(C)[nH]c23)c(C)c1. The fourth-order valence-corrected chi connectivity index (χ4v) is 3.58. The van der Waals surface area contributed by atoms with Crippen LogP contribution >= 0.6 is 0 Å². The standard InChI is InChI=1S/C19H23N3O2/c1-10-8-11(2)16(12(3)9-10)17-18-20-13(4)15(6-7-23)19(24)22(18)14(5)21-17/h8-9,20,23H,6-7H2,1-5H3. The minimum Gasteiger partial charge on any atom is -0.396 e. The molecule has 126 valence electrons. The Labute approximate surface area is 141 Å². The van der Waals surface area contributed by atoms with Crippen LogP contribution in [0.1, 0.15) is 33.8 Å². The maximum Gasteiger partial charge on any atom is 0.262 e. The van der Waals surface area contributed by atoms with Crippen LogP contribution in [0.4, 0.5) is 0 Å². The van der Waals surface area contributed by atoms with Crippen LogP contribution < -0.4 is 5.56 Å². The third-order valence-electron chi connectivity index (χ3n) is 4.54. The molecular formula is C19H23N3O2. The Morgan fingerprint density at radius 3 is 2.33 bits per heavy atom. The third kappa shape index (κ3) is 2.45. The van der Waals surface area contributed by atoms with E-state index in [2.05, 4.69) is 42.9 Å². The van der Waals surface area contributed by atoms with Crippen molar-refractivity contribution in [2.24, 2.45) is 0 Å². The molecule has 0 atom stereocenters. The Morgan fingerprint density at radius 2 is 1.75 bits per heavy atom. The minimum absolute atomic E-state index is 0.0494. The predicted octanol–water partition coefficient (Wildman–Crippen LogP) is 2.77. The molecule has 1 aromatic carbocycles. The summed E-state index contributed by atoms with van der Waals surface area (Å²) >= 11 is 0. The Bertz CT molecular complexity index is 973. The van der Waals surface area contributed by atoms with Gasteiger partial charge in [-0.25, -0.2) is 9.38 Å². The van der Waals surface area contributed by atoms with E-state index < -0.39 is 0 Å². The second-order valence-corrected chi connectivity index (χ2v) is 6.47. The first-order chi connectivity index (χ1) is 11.3. The Kier molecular flexibility index (Phi) is 4.05. The van der Waals surface area contributed by atoms with E-state index in [1.54, 1.807) is 4.40 Å². The number of aromatic nitrogens is 3. The number of aryl methyl sites for hydroxylation is 5. The molecule has 0 aliphatic heterocycles. The number of benzene rings is 1. The lowest BCUT2D eigenvalue weighted by Gasteiger charge is -2.11. The molecule has 3 aromatic rings. The molecule has 0 unspecified atom stereocenters. The number of rotatable bonds is 3. The van der Waals surface area contributed by atoms with Crippen molar-refractivity contribution in [3.05, 3.63) is 56.3 Å². The highest BCUT2D eigenvalue weighted by Gasteiger charge is 2.19. The third-order valence-corrected chi connectivity index (χ3v) is 4.54. The van der Waals surface area contributed by atoms with Crippen molar-refractivity contribution in [1.82, 2.24) is 14.4 Å². The molecule has 2 heterocycles. The van der Waals surface area contributed by atoms with E-state index in [1.165, 1.54) is 5.56 Å². The maximum absolute atomic E-state index is 12.8. The van der Waals surface area contributed by atoms with Gasteiger partial charge in [0, 0.05) is 29.8 Å². The van der Waals surface area contributed by atoms with Gasteiger partial charge >= 0.3 is 0 Å². The lowest BCUT2D eigenvalue weighted by molar-refractivity contribution is 0.298. The van der Waals surface area contributed by atoms with Crippen molar-refractivity contribution in [3.63, 3.8) is 0 Å². The zero-order valence-electron chi connectivity index (χ0n) is 14.8. The highest BCUT2D eigenvalue weighted by molar-refractivity contribution is 5.79. The average molecular weight is 325 g/mol. The zero-order valence-corrected chi connectivity index (χ0v) is 14.8. The summed E-state index contributed by atoms with van der Waals surface area (Å²) in [7, 11) is 0. The Balaban J connectivity index is 2.39. The molecule has 0 fully saturated rings. The van der Waals surface area contributed by atoms with Gasteiger partial charge in [0.25, 0.3) is 5.56 Å². The summed E-state index contributed by atoms with van der Waals surface area (Å²) in [5.41, 5.74) is 7.37.